The van der Waals surface area contributed by atoms with Crippen LogP contribution in [-0.4, -0.2) is 37.2 Å². The molecule has 2 heterocycles. The quantitative estimate of drug-likeness (QED) is 0.350. The van der Waals surface area contributed by atoms with Crippen molar-refractivity contribution < 1.29 is 17.9 Å². The fourth-order valence-corrected chi connectivity index (χ4v) is 5.73. The van der Waals surface area contributed by atoms with Gasteiger partial charge in [-0.3, -0.25) is 14.7 Å². The van der Waals surface area contributed by atoms with E-state index in [1.165, 1.54) is 11.3 Å². The van der Waals surface area contributed by atoms with Crippen molar-refractivity contribution in [1.29, 1.82) is 0 Å². The van der Waals surface area contributed by atoms with E-state index in [0.29, 0.717) is 22.1 Å². The first kappa shape index (κ1) is 22.9. The highest BCUT2D eigenvalue weighted by atomic mass is 32.2. The van der Waals surface area contributed by atoms with E-state index in [1.807, 2.05) is 36.4 Å². The number of nitrogens with zero attached hydrogens (tertiary/aromatic N) is 3. The summed E-state index contributed by atoms with van der Waals surface area (Å²) in [5, 5.41) is 0.524. The van der Waals surface area contributed by atoms with E-state index in [0.717, 1.165) is 4.70 Å². The number of fused-ring (bicyclic) bond motifs is 1. The lowest BCUT2D eigenvalue weighted by atomic mass is 10.2. The maximum Gasteiger partial charge on any atom is 0.229 e. The van der Waals surface area contributed by atoms with Crippen molar-refractivity contribution in [3.05, 3.63) is 78.6 Å². The molecule has 0 radical (unpaired) electrons. The zero-order valence-corrected chi connectivity index (χ0v) is 19.7. The molecule has 0 spiro atoms. The van der Waals surface area contributed by atoms with Gasteiger partial charge in [-0.05, 0) is 42.8 Å². The molecule has 0 fully saturated rings. The van der Waals surface area contributed by atoms with Gasteiger partial charge in [0.2, 0.25) is 5.91 Å². The smallest absolute Gasteiger partial charge is 0.229 e. The monoisotopic (exact) mass is 481 g/mol. The highest BCUT2D eigenvalue weighted by molar-refractivity contribution is 7.91. The van der Waals surface area contributed by atoms with Crippen LogP contribution >= 0.6 is 11.3 Å². The number of rotatable bonds is 9. The van der Waals surface area contributed by atoms with Crippen LogP contribution in [0.15, 0.2) is 77.8 Å². The fraction of sp³-hybridized carbons (Fsp3) is 0.208. The third-order valence-corrected chi connectivity index (χ3v) is 7.93. The summed E-state index contributed by atoms with van der Waals surface area (Å²) >= 11 is 1.39. The Kier molecular flexibility index (Phi) is 7.00. The second-order valence-corrected chi connectivity index (χ2v) is 10.5. The number of amides is 1. The summed E-state index contributed by atoms with van der Waals surface area (Å²) in [4.78, 5) is 24.1. The van der Waals surface area contributed by atoms with E-state index < -0.39 is 9.84 Å². The van der Waals surface area contributed by atoms with Gasteiger partial charge >= 0.3 is 0 Å². The Balaban J connectivity index is 1.55. The van der Waals surface area contributed by atoms with E-state index in [9.17, 15) is 13.2 Å². The van der Waals surface area contributed by atoms with Gasteiger partial charge in [0.25, 0.3) is 0 Å². The minimum atomic E-state index is -3.45. The lowest BCUT2D eigenvalue weighted by molar-refractivity contribution is -0.118. The Morgan fingerprint density at radius 3 is 2.55 bits per heavy atom. The summed E-state index contributed by atoms with van der Waals surface area (Å²) < 4.78 is 31.5. The number of thiazole rings is 1. The lowest BCUT2D eigenvalue weighted by Gasteiger charge is -2.19. The number of sulfone groups is 1. The average Bonchev–Trinajstić information content (AvgIpc) is 3.27. The lowest BCUT2D eigenvalue weighted by Crippen LogP contribution is -2.30. The molecule has 4 aromatic rings. The van der Waals surface area contributed by atoms with Crippen molar-refractivity contribution in [2.24, 2.45) is 0 Å². The minimum Gasteiger partial charge on any atom is -0.494 e. The summed E-state index contributed by atoms with van der Waals surface area (Å²) in [5.74, 6) is 0.324. The van der Waals surface area contributed by atoms with E-state index >= 15 is 0 Å². The molecule has 0 saturated heterocycles. The zero-order chi connectivity index (χ0) is 23.3. The molecule has 0 unspecified atom stereocenters. The first-order valence-corrected chi connectivity index (χ1v) is 12.9. The molecule has 0 saturated carbocycles. The Morgan fingerprint density at radius 1 is 1.03 bits per heavy atom. The summed E-state index contributed by atoms with van der Waals surface area (Å²) in [6, 6.07) is 19.4. The molecule has 0 aliphatic heterocycles. The Bertz CT molecular complexity index is 1340. The van der Waals surface area contributed by atoms with Crippen molar-refractivity contribution in [2.45, 2.75) is 24.3 Å². The number of hydrogen-bond donors (Lipinski definition) is 0. The van der Waals surface area contributed by atoms with Gasteiger partial charge in [-0.25, -0.2) is 13.4 Å². The molecular formula is C24H23N3O4S2. The summed E-state index contributed by atoms with van der Waals surface area (Å²) in [7, 11) is -1.87. The number of carbonyl (C=O) groups is 1. The average molecular weight is 482 g/mol. The van der Waals surface area contributed by atoms with Gasteiger partial charge in [0, 0.05) is 12.6 Å². The van der Waals surface area contributed by atoms with Crippen molar-refractivity contribution in [1.82, 2.24) is 9.97 Å². The van der Waals surface area contributed by atoms with Crippen LogP contribution in [0.5, 0.6) is 5.75 Å². The molecule has 0 aliphatic rings. The number of methoxy groups -OCH3 is 1. The van der Waals surface area contributed by atoms with Crippen molar-refractivity contribution in [3.8, 4) is 5.75 Å². The maximum atomic E-state index is 13.2. The van der Waals surface area contributed by atoms with Crippen LogP contribution in [0.25, 0.3) is 10.2 Å². The van der Waals surface area contributed by atoms with E-state index in [1.54, 1.807) is 48.5 Å². The zero-order valence-electron chi connectivity index (χ0n) is 18.0. The van der Waals surface area contributed by atoms with Crippen molar-refractivity contribution in [3.63, 3.8) is 0 Å². The molecule has 0 aliphatic carbocycles. The number of para-hydroxylation sites is 1. The van der Waals surface area contributed by atoms with E-state index in [2.05, 4.69) is 9.97 Å². The van der Waals surface area contributed by atoms with Gasteiger partial charge in [-0.2, -0.15) is 0 Å². The molecule has 0 bridgehead atoms. The Morgan fingerprint density at radius 2 is 1.82 bits per heavy atom. The number of benzene rings is 2. The Hall–Kier alpha value is -3.30. The van der Waals surface area contributed by atoms with Gasteiger partial charge in [-0.1, -0.05) is 41.7 Å². The number of aromatic nitrogens is 2. The van der Waals surface area contributed by atoms with Gasteiger partial charge in [0.15, 0.2) is 15.0 Å². The summed E-state index contributed by atoms with van der Waals surface area (Å²) in [6.07, 6.45) is 1.96. The third kappa shape index (κ3) is 5.37. The molecular weight excluding hydrogens is 458 g/mol. The molecule has 2 aromatic heterocycles. The molecule has 0 N–H and O–H groups in total. The first-order valence-electron chi connectivity index (χ1n) is 10.4. The molecule has 33 heavy (non-hydrogen) atoms. The van der Waals surface area contributed by atoms with Gasteiger partial charge in [-0.15, -0.1) is 0 Å². The molecule has 170 valence electrons. The SMILES string of the molecule is COc1cccc2sc(N(Cc3ccccn3)C(=O)CCCS(=O)(=O)c3ccccc3)nc12. The van der Waals surface area contributed by atoms with Gasteiger partial charge < -0.3 is 4.74 Å². The van der Waals surface area contributed by atoms with Crippen LogP contribution in [-0.2, 0) is 21.2 Å². The highest BCUT2D eigenvalue weighted by Crippen LogP contribution is 2.35. The topological polar surface area (TPSA) is 89.5 Å². The normalized spacial score (nSPS) is 11.4. The molecule has 4 rings (SSSR count). The molecule has 2 aromatic carbocycles. The molecule has 0 atom stereocenters. The standard InChI is InChI=1S/C24H23N3O4S2/c1-31-20-12-7-13-21-23(20)26-24(32-21)27(17-18-9-5-6-15-25-18)22(28)14-8-16-33(29,30)19-10-3-2-4-11-19/h2-7,9-13,15H,8,14,16-17H2,1H3. The number of carbonyl (C=O) groups excluding carboxylic acids is 1. The second-order valence-electron chi connectivity index (χ2n) is 7.34. The minimum absolute atomic E-state index is 0.0754. The van der Waals surface area contributed by atoms with Crippen LogP contribution in [0, 0.1) is 0 Å². The fourth-order valence-electron chi connectivity index (χ4n) is 3.40. The van der Waals surface area contributed by atoms with E-state index in [4.69, 9.17) is 4.74 Å². The summed E-state index contributed by atoms with van der Waals surface area (Å²) in [6.45, 7) is 0.243. The van der Waals surface area contributed by atoms with Crippen LogP contribution in [0.4, 0.5) is 5.13 Å². The molecule has 9 heteroatoms. The molecule has 1 amide bonds. The number of hydrogen-bond acceptors (Lipinski definition) is 7. The van der Waals surface area contributed by atoms with Gasteiger partial charge in [0.05, 0.1) is 34.7 Å². The van der Waals surface area contributed by atoms with E-state index in [-0.39, 0.29) is 35.9 Å². The number of anilines is 1. The highest BCUT2D eigenvalue weighted by Gasteiger charge is 2.23. The van der Waals surface area contributed by atoms with Gasteiger partial charge in [0.1, 0.15) is 11.3 Å². The maximum absolute atomic E-state index is 13.2. The second kappa shape index (κ2) is 10.1. The van der Waals surface area contributed by atoms with Crippen LogP contribution in [0.3, 0.4) is 0 Å². The first-order chi connectivity index (χ1) is 16.0. The predicted molar refractivity (Wildman–Crippen MR) is 129 cm³/mol. The van der Waals surface area contributed by atoms with Crippen molar-refractivity contribution >= 4 is 42.4 Å². The van der Waals surface area contributed by atoms with Crippen LogP contribution in [0.1, 0.15) is 18.5 Å². The molecule has 7 nitrogen and oxygen atoms in total. The predicted octanol–water partition coefficient (Wildman–Crippen LogP) is 4.49. The van der Waals surface area contributed by atoms with Crippen LogP contribution < -0.4 is 9.64 Å². The van der Waals surface area contributed by atoms with Crippen molar-refractivity contribution in [2.75, 3.05) is 17.8 Å². The third-order valence-electron chi connectivity index (χ3n) is 5.07. The number of pyridine rings is 1. The largest absolute Gasteiger partial charge is 0.494 e. The summed E-state index contributed by atoms with van der Waals surface area (Å²) in [5.41, 5.74) is 1.40. The number of ether oxygens (including phenoxy) is 1. The van der Waals surface area contributed by atoms with Crippen LogP contribution in [0.2, 0.25) is 0 Å². The Labute approximate surface area is 196 Å².